The van der Waals surface area contributed by atoms with Gasteiger partial charge >= 0.3 is 0 Å². The SMILES string of the molecule is Cc1ccc(C)c(C(C)NS(=O)(=O)CCl)c1. The Morgan fingerprint density at radius 1 is 1.38 bits per heavy atom. The first kappa shape index (κ1) is 13.5. The highest BCUT2D eigenvalue weighted by Crippen LogP contribution is 2.19. The van der Waals surface area contributed by atoms with Crippen LogP contribution in [0.15, 0.2) is 18.2 Å². The van der Waals surface area contributed by atoms with Crippen molar-refractivity contribution in [2.75, 3.05) is 5.21 Å². The fourth-order valence-electron chi connectivity index (χ4n) is 1.59. The Kier molecular flexibility index (Phi) is 4.35. The predicted octanol–water partition coefficient (Wildman–Crippen LogP) is 2.48. The zero-order valence-electron chi connectivity index (χ0n) is 9.62. The molecule has 0 bridgehead atoms. The molecule has 0 heterocycles. The molecule has 0 fully saturated rings. The Hall–Kier alpha value is -0.580. The Morgan fingerprint density at radius 3 is 2.56 bits per heavy atom. The molecule has 0 aliphatic rings. The summed E-state index contributed by atoms with van der Waals surface area (Å²) in [7, 11) is -3.38. The van der Waals surface area contributed by atoms with Crippen molar-refractivity contribution >= 4 is 21.6 Å². The van der Waals surface area contributed by atoms with Gasteiger partial charge in [-0.1, -0.05) is 23.8 Å². The molecule has 1 unspecified atom stereocenters. The predicted molar refractivity (Wildman–Crippen MR) is 67.1 cm³/mol. The van der Waals surface area contributed by atoms with Crippen molar-refractivity contribution in [1.82, 2.24) is 4.72 Å². The van der Waals surface area contributed by atoms with Crippen LogP contribution in [0.3, 0.4) is 0 Å². The molecule has 1 rings (SSSR count). The Labute approximate surface area is 102 Å². The lowest BCUT2D eigenvalue weighted by Crippen LogP contribution is -2.28. The molecule has 0 spiro atoms. The van der Waals surface area contributed by atoms with E-state index in [-0.39, 0.29) is 6.04 Å². The number of benzene rings is 1. The van der Waals surface area contributed by atoms with Crippen LogP contribution < -0.4 is 4.72 Å². The van der Waals surface area contributed by atoms with Crippen LogP contribution in [0.1, 0.15) is 29.7 Å². The van der Waals surface area contributed by atoms with Crippen molar-refractivity contribution in [2.45, 2.75) is 26.8 Å². The number of halogens is 1. The molecule has 3 nitrogen and oxygen atoms in total. The van der Waals surface area contributed by atoms with Crippen LogP contribution in [-0.2, 0) is 10.0 Å². The second-order valence-corrected chi connectivity index (χ2v) is 6.26. The number of nitrogens with one attached hydrogen (secondary N) is 1. The standard InChI is InChI=1S/C11H16ClNO2S/c1-8-4-5-9(2)11(6-8)10(3)13-16(14,15)7-12/h4-6,10,13H,7H2,1-3H3. The van der Waals surface area contributed by atoms with Gasteiger partial charge in [-0.2, -0.15) is 0 Å². The first-order chi connectivity index (χ1) is 7.35. The molecular weight excluding hydrogens is 246 g/mol. The summed E-state index contributed by atoms with van der Waals surface area (Å²) in [5.74, 6) is 0. The first-order valence-corrected chi connectivity index (χ1v) is 7.17. The molecule has 0 aliphatic carbocycles. The summed E-state index contributed by atoms with van der Waals surface area (Å²) in [5.41, 5.74) is 3.15. The van der Waals surface area contributed by atoms with E-state index in [1.54, 1.807) is 0 Å². The molecule has 1 aromatic rings. The van der Waals surface area contributed by atoms with Crippen LogP contribution in [0, 0.1) is 13.8 Å². The average molecular weight is 262 g/mol. The van der Waals surface area contributed by atoms with Gasteiger partial charge in [-0.05, 0) is 31.9 Å². The van der Waals surface area contributed by atoms with E-state index in [1.807, 2.05) is 39.0 Å². The number of rotatable bonds is 4. The Balaban J connectivity index is 2.97. The summed E-state index contributed by atoms with van der Waals surface area (Å²) >= 11 is 5.35. The van der Waals surface area contributed by atoms with Crippen molar-refractivity contribution < 1.29 is 8.42 Å². The fourth-order valence-corrected chi connectivity index (χ4v) is 2.51. The van der Waals surface area contributed by atoms with Crippen molar-refractivity contribution in [3.05, 3.63) is 34.9 Å². The van der Waals surface area contributed by atoms with Gasteiger partial charge in [0.2, 0.25) is 10.0 Å². The minimum absolute atomic E-state index is 0.261. The normalized spacial score (nSPS) is 13.8. The zero-order chi connectivity index (χ0) is 12.3. The maximum absolute atomic E-state index is 11.3. The van der Waals surface area contributed by atoms with Crippen molar-refractivity contribution in [3.63, 3.8) is 0 Å². The molecule has 5 heteroatoms. The molecule has 0 aliphatic heterocycles. The number of aryl methyl sites for hydroxylation is 2. The van der Waals surface area contributed by atoms with Crippen LogP contribution in [0.4, 0.5) is 0 Å². The first-order valence-electron chi connectivity index (χ1n) is 4.99. The van der Waals surface area contributed by atoms with E-state index in [9.17, 15) is 8.42 Å². The molecule has 0 saturated heterocycles. The van der Waals surface area contributed by atoms with Gasteiger partial charge in [0.05, 0.1) is 0 Å². The summed E-state index contributed by atoms with van der Waals surface area (Å²) in [6.45, 7) is 5.75. The third-order valence-corrected chi connectivity index (χ3v) is 4.26. The lowest BCUT2D eigenvalue weighted by molar-refractivity contribution is 0.571. The highest BCUT2D eigenvalue weighted by atomic mass is 35.5. The highest BCUT2D eigenvalue weighted by molar-refractivity contribution is 7.90. The molecule has 1 N–H and O–H groups in total. The Morgan fingerprint density at radius 2 is 2.00 bits per heavy atom. The second kappa shape index (κ2) is 5.17. The van der Waals surface area contributed by atoms with Gasteiger partial charge < -0.3 is 0 Å². The van der Waals surface area contributed by atoms with Crippen molar-refractivity contribution in [2.24, 2.45) is 0 Å². The van der Waals surface area contributed by atoms with E-state index in [0.717, 1.165) is 16.7 Å². The summed E-state index contributed by atoms with van der Waals surface area (Å²) in [6, 6.07) is 5.71. The van der Waals surface area contributed by atoms with Crippen LogP contribution >= 0.6 is 11.6 Å². The van der Waals surface area contributed by atoms with Gasteiger partial charge in [-0.15, -0.1) is 11.6 Å². The number of hydrogen-bond acceptors (Lipinski definition) is 2. The van der Waals surface area contributed by atoms with Crippen LogP contribution in [-0.4, -0.2) is 13.6 Å². The number of hydrogen-bond donors (Lipinski definition) is 1. The molecule has 0 radical (unpaired) electrons. The number of sulfonamides is 1. The van der Waals surface area contributed by atoms with E-state index < -0.39 is 15.2 Å². The average Bonchev–Trinajstić information content (AvgIpc) is 2.21. The quantitative estimate of drug-likeness (QED) is 0.847. The third-order valence-electron chi connectivity index (χ3n) is 2.40. The second-order valence-electron chi connectivity index (χ2n) is 3.92. The van der Waals surface area contributed by atoms with Gasteiger partial charge in [0, 0.05) is 6.04 Å². The van der Waals surface area contributed by atoms with Crippen molar-refractivity contribution in [3.8, 4) is 0 Å². The minimum atomic E-state index is -3.38. The van der Waals surface area contributed by atoms with E-state index in [4.69, 9.17) is 11.6 Å². The van der Waals surface area contributed by atoms with E-state index >= 15 is 0 Å². The van der Waals surface area contributed by atoms with E-state index in [2.05, 4.69) is 4.72 Å². The molecule has 1 aromatic carbocycles. The summed E-state index contributed by atoms with van der Waals surface area (Å²) in [6.07, 6.45) is 0. The lowest BCUT2D eigenvalue weighted by atomic mass is 10.0. The molecule has 16 heavy (non-hydrogen) atoms. The van der Waals surface area contributed by atoms with Crippen LogP contribution in [0.5, 0.6) is 0 Å². The lowest BCUT2D eigenvalue weighted by Gasteiger charge is -2.16. The maximum atomic E-state index is 11.3. The molecule has 0 aromatic heterocycles. The monoisotopic (exact) mass is 261 g/mol. The van der Waals surface area contributed by atoms with Crippen LogP contribution in [0.2, 0.25) is 0 Å². The smallest absolute Gasteiger partial charge is 0.211 e. The molecular formula is C11H16ClNO2S. The largest absolute Gasteiger partial charge is 0.226 e. The number of alkyl halides is 1. The third kappa shape index (κ3) is 3.47. The van der Waals surface area contributed by atoms with E-state index in [0.29, 0.717) is 0 Å². The fraction of sp³-hybridized carbons (Fsp3) is 0.455. The van der Waals surface area contributed by atoms with Gasteiger partial charge in [0.15, 0.2) is 0 Å². The topological polar surface area (TPSA) is 46.2 Å². The van der Waals surface area contributed by atoms with Gasteiger partial charge in [0.25, 0.3) is 0 Å². The van der Waals surface area contributed by atoms with Gasteiger partial charge in [-0.3, -0.25) is 0 Å². The summed E-state index contributed by atoms with van der Waals surface area (Å²) in [5, 5.41) is -0.414. The van der Waals surface area contributed by atoms with Gasteiger partial charge in [-0.25, -0.2) is 13.1 Å². The summed E-state index contributed by atoms with van der Waals surface area (Å²) in [4.78, 5) is 0. The molecule has 1 atom stereocenters. The molecule has 90 valence electrons. The van der Waals surface area contributed by atoms with E-state index in [1.165, 1.54) is 0 Å². The molecule has 0 saturated carbocycles. The zero-order valence-corrected chi connectivity index (χ0v) is 11.2. The van der Waals surface area contributed by atoms with Gasteiger partial charge in [0.1, 0.15) is 5.21 Å². The molecule has 0 amide bonds. The minimum Gasteiger partial charge on any atom is -0.211 e. The van der Waals surface area contributed by atoms with Crippen molar-refractivity contribution in [1.29, 1.82) is 0 Å². The Bertz CT molecular complexity index is 471. The summed E-state index contributed by atoms with van der Waals surface area (Å²) < 4.78 is 25.2. The van der Waals surface area contributed by atoms with Crippen LogP contribution in [0.25, 0.3) is 0 Å². The highest BCUT2D eigenvalue weighted by Gasteiger charge is 2.15. The maximum Gasteiger partial charge on any atom is 0.226 e.